The highest BCUT2D eigenvalue weighted by Gasteiger charge is 2.33. The molecule has 4 nitrogen and oxygen atoms in total. The Labute approximate surface area is 114 Å². The number of aromatic nitrogens is 2. The van der Waals surface area contributed by atoms with Gasteiger partial charge in [-0.05, 0) is 44.1 Å². The van der Waals surface area contributed by atoms with Crippen LogP contribution in [0.2, 0.25) is 0 Å². The van der Waals surface area contributed by atoms with Gasteiger partial charge in [0.25, 0.3) is 0 Å². The third-order valence-corrected chi connectivity index (χ3v) is 4.67. The van der Waals surface area contributed by atoms with Crippen LogP contribution in [0.5, 0.6) is 0 Å². The first-order chi connectivity index (χ1) is 9.20. The predicted molar refractivity (Wildman–Crippen MR) is 73.8 cm³/mol. The molecule has 1 aromatic rings. The number of nitrogens with one attached hydrogen (secondary N) is 1. The van der Waals surface area contributed by atoms with Gasteiger partial charge in [-0.2, -0.15) is 5.10 Å². The number of rotatable bonds is 5. The van der Waals surface area contributed by atoms with Gasteiger partial charge in [0.15, 0.2) is 0 Å². The Morgan fingerprint density at radius 1 is 1.42 bits per heavy atom. The highest BCUT2D eigenvalue weighted by molar-refractivity contribution is 5.78. The van der Waals surface area contributed by atoms with Crippen LogP contribution in [-0.4, -0.2) is 27.6 Å². The molecule has 0 amide bonds. The number of Topliss-reactive ketones (excluding diaryl/α,β-unsaturated/α-hetero) is 1. The van der Waals surface area contributed by atoms with Gasteiger partial charge in [0.05, 0.1) is 0 Å². The van der Waals surface area contributed by atoms with Crippen molar-refractivity contribution in [2.75, 3.05) is 0 Å². The van der Waals surface area contributed by atoms with Crippen molar-refractivity contribution >= 4 is 5.78 Å². The zero-order valence-electron chi connectivity index (χ0n) is 11.6. The van der Waals surface area contributed by atoms with Crippen molar-refractivity contribution in [3.63, 3.8) is 0 Å². The summed E-state index contributed by atoms with van der Waals surface area (Å²) >= 11 is 0. The van der Waals surface area contributed by atoms with E-state index >= 15 is 0 Å². The minimum atomic E-state index is 0.424. The number of carbonyl (C=O) groups excluding carboxylic acids is 1. The highest BCUT2D eigenvalue weighted by atomic mass is 16.1. The average molecular weight is 261 g/mol. The van der Waals surface area contributed by atoms with E-state index < -0.39 is 0 Å². The molecule has 104 valence electrons. The van der Waals surface area contributed by atoms with E-state index in [1.165, 1.54) is 25.7 Å². The molecular formula is C15H23N3O. The Balaban J connectivity index is 1.45. The number of hydrogen-bond donors (Lipinski definition) is 1. The molecule has 2 unspecified atom stereocenters. The Morgan fingerprint density at radius 3 is 2.79 bits per heavy atom. The van der Waals surface area contributed by atoms with Gasteiger partial charge < -0.3 is 5.32 Å². The van der Waals surface area contributed by atoms with Crippen molar-refractivity contribution in [1.82, 2.24) is 15.1 Å². The van der Waals surface area contributed by atoms with Crippen LogP contribution in [0.1, 0.15) is 44.2 Å². The largest absolute Gasteiger partial charge is 0.311 e. The molecule has 2 bridgehead atoms. The molecule has 3 rings (SSSR count). The van der Waals surface area contributed by atoms with Gasteiger partial charge in [0.1, 0.15) is 5.78 Å². The van der Waals surface area contributed by atoms with Gasteiger partial charge in [-0.25, -0.2) is 0 Å². The van der Waals surface area contributed by atoms with Crippen molar-refractivity contribution in [3.8, 4) is 0 Å². The van der Waals surface area contributed by atoms with Gasteiger partial charge in [0.2, 0.25) is 0 Å². The molecular weight excluding hydrogens is 238 g/mol. The fourth-order valence-electron chi connectivity index (χ4n) is 3.68. The first-order valence-electron chi connectivity index (χ1n) is 7.45. The van der Waals surface area contributed by atoms with Gasteiger partial charge in [-0.1, -0.05) is 0 Å². The normalized spacial score (nSPS) is 29.6. The van der Waals surface area contributed by atoms with Gasteiger partial charge in [0, 0.05) is 43.9 Å². The smallest absolute Gasteiger partial charge is 0.133 e. The highest BCUT2D eigenvalue weighted by Crippen LogP contribution is 2.32. The van der Waals surface area contributed by atoms with Crippen LogP contribution < -0.4 is 5.32 Å². The molecule has 0 radical (unpaired) electrons. The van der Waals surface area contributed by atoms with Gasteiger partial charge in [-0.15, -0.1) is 0 Å². The van der Waals surface area contributed by atoms with E-state index in [4.69, 9.17) is 0 Å². The summed E-state index contributed by atoms with van der Waals surface area (Å²) < 4.78 is 1.86. The Hall–Kier alpha value is -1.16. The zero-order valence-corrected chi connectivity index (χ0v) is 11.6. The predicted octanol–water partition coefficient (Wildman–Crippen LogP) is 1.84. The SMILES string of the molecule is Cn1nccc1CCC(=O)CC1CC2CCC(C1)N2. The quantitative estimate of drug-likeness (QED) is 0.880. The lowest BCUT2D eigenvalue weighted by Gasteiger charge is -2.28. The minimum absolute atomic E-state index is 0.424. The molecule has 0 aromatic carbocycles. The first kappa shape index (κ1) is 12.9. The molecule has 0 aliphatic carbocycles. The van der Waals surface area contributed by atoms with Crippen LogP contribution in [0.4, 0.5) is 0 Å². The maximum atomic E-state index is 12.1. The lowest BCUT2D eigenvalue weighted by atomic mass is 9.87. The van der Waals surface area contributed by atoms with E-state index in [-0.39, 0.29) is 0 Å². The van der Waals surface area contributed by atoms with E-state index in [1.54, 1.807) is 6.20 Å². The second kappa shape index (κ2) is 5.45. The van der Waals surface area contributed by atoms with Crippen LogP contribution in [0.15, 0.2) is 12.3 Å². The monoisotopic (exact) mass is 261 g/mol. The molecule has 0 spiro atoms. The molecule has 1 aromatic heterocycles. The molecule has 2 aliphatic rings. The number of ketones is 1. The first-order valence-corrected chi connectivity index (χ1v) is 7.45. The maximum absolute atomic E-state index is 12.1. The summed E-state index contributed by atoms with van der Waals surface area (Å²) in [6.45, 7) is 0. The number of aryl methyl sites for hydroxylation is 2. The molecule has 19 heavy (non-hydrogen) atoms. The second-order valence-corrected chi connectivity index (χ2v) is 6.16. The van der Waals surface area contributed by atoms with Crippen molar-refractivity contribution in [2.24, 2.45) is 13.0 Å². The van der Waals surface area contributed by atoms with Crippen LogP contribution in [0.3, 0.4) is 0 Å². The molecule has 1 N–H and O–H groups in total. The number of nitrogens with zero attached hydrogens (tertiary/aromatic N) is 2. The summed E-state index contributed by atoms with van der Waals surface area (Å²) in [5, 5.41) is 7.77. The number of carbonyl (C=O) groups is 1. The summed E-state index contributed by atoms with van der Waals surface area (Å²) in [5.74, 6) is 1.05. The van der Waals surface area contributed by atoms with Crippen molar-refractivity contribution in [1.29, 1.82) is 0 Å². The number of hydrogen-bond acceptors (Lipinski definition) is 3. The molecule has 2 aliphatic heterocycles. The lowest BCUT2D eigenvalue weighted by molar-refractivity contribution is -0.120. The lowest BCUT2D eigenvalue weighted by Crippen LogP contribution is -2.38. The third-order valence-electron chi connectivity index (χ3n) is 4.67. The fraction of sp³-hybridized carbons (Fsp3) is 0.733. The van der Waals surface area contributed by atoms with Crippen LogP contribution in [0.25, 0.3) is 0 Å². The minimum Gasteiger partial charge on any atom is -0.311 e. The van der Waals surface area contributed by atoms with Crippen LogP contribution in [0, 0.1) is 5.92 Å². The molecule has 2 saturated heterocycles. The fourth-order valence-corrected chi connectivity index (χ4v) is 3.68. The number of piperidine rings is 1. The zero-order chi connectivity index (χ0) is 13.2. The molecule has 2 atom stereocenters. The second-order valence-electron chi connectivity index (χ2n) is 6.16. The molecule has 2 fully saturated rings. The van der Waals surface area contributed by atoms with E-state index in [2.05, 4.69) is 10.4 Å². The van der Waals surface area contributed by atoms with Crippen molar-refractivity contribution in [2.45, 2.75) is 57.0 Å². The Bertz CT molecular complexity index is 442. The van der Waals surface area contributed by atoms with Crippen LogP contribution >= 0.6 is 0 Å². The Morgan fingerprint density at radius 2 is 2.16 bits per heavy atom. The van der Waals surface area contributed by atoms with E-state index in [1.807, 2.05) is 17.8 Å². The number of fused-ring (bicyclic) bond motifs is 2. The summed E-state index contributed by atoms with van der Waals surface area (Å²) in [7, 11) is 1.93. The summed E-state index contributed by atoms with van der Waals surface area (Å²) in [6.07, 6.45) is 9.10. The van der Waals surface area contributed by atoms with Crippen molar-refractivity contribution < 1.29 is 4.79 Å². The topological polar surface area (TPSA) is 46.9 Å². The van der Waals surface area contributed by atoms with Gasteiger partial charge >= 0.3 is 0 Å². The van der Waals surface area contributed by atoms with Crippen LogP contribution in [-0.2, 0) is 18.3 Å². The van der Waals surface area contributed by atoms with Gasteiger partial charge in [-0.3, -0.25) is 9.48 Å². The van der Waals surface area contributed by atoms with Crippen molar-refractivity contribution in [3.05, 3.63) is 18.0 Å². The molecule has 0 saturated carbocycles. The summed E-state index contributed by atoms with van der Waals surface area (Å²) in [6, 6.07) is 3.38. The maximum Gasteiger partial charge on any atom is 0.133 e. The average Bonchev–Trinajstić information content (AvgIpc) is 2.93. The van der Waals surface area contributed by atoms with E-state index in [9.17, 15) is 4.79 Å². The summed E-state index contributed by atoms with van der Waals surface area (Å²) in [5.41, 5.74) is 1.15. The summed E-state index contributed by atoms with van der Waals surface area (Å²) in [4.78, 5) is 12.1. The van der Waals surface area contributed by atoms with E-state index in [0.29, 0.717) is 30.2 Å². The third kappa shape index (κ3) is 3.06. The molecule has 3 heterocycles. The van der Waals surface area contributed by atoms with E-state index in [0.717, 1.165) is 18.5 Å². The Kier molecular flexibility index (Phi) is 3.69. The molecule has 4 heteroatoms. The standard InChI is InChI=1S/C15H23N3O/c1-18-14(6-7-16-18)4-5-15(19)10-11-8-12-2-3-13(9-11)17-12/h6-7,11-13,17H,2-5,8-10H2,1H3.